The van der Waals surface area contributed by atoms with Gasteiger partial charge in [0, 0.05) is 5.69 Å². The quantitative estimate of drug-likeness (QED) is 0.317. The van der Waals surface area contributed by atoms with Crippen LogP contribution in [0.2, 0.25) is 0 Å². The van der Waals surface area contributed by atoms with Crippen LogP contribution >= 0.6 is 11.3 Å². The van der Waals surface area contributed by atoms with Crippen molar-refractivity contribution < 1.29 is 32.9 Å². The van der Waals surface area contributed by atoms with Gasteiger partial charge < -0.3 is 24.6 Å². The first-order chi connectivity index (χ1) is 20.2. The van der Waals surface area contributed by atoms with Crippen LogP contribution in [-0.4, -0.2) is 36.4 Å². The number of ether oxygens (including phenoxy) is 3. The average molecular weight is 594 g/mol. The van der Waals surface area contributed by atoms with Gasteiger partial charge in [0.05, 0.1) is 36.1 Å². The van der Waals surface area contributed by atoms with Crippen molar-refractivity contribution in [3.05, 3.63) is 109 Å². The number of hydrogen-bond acceptors (Lipinski definition) is 8. The van der Waals surface area contributed by atoms with Gasteiger partial charge in [-0.1, -0.05) is 41.7 Å². The number of para-hydroxylation sites is 1. The van der Waals surface area contributed by atoms with Crippen LogP contribution < -0.4 is 34.4 Å². The average Bonchev–Trinajstić information content (AvgIpc) is 3.27. The summed E-state index contributed by atoms with van der Waals surface area (Å²) in [6, 6.07) is 16.9. The van der Waals surface area contributed by atoms with E-state index < -0.39 is 24.1 Å². The van der Waals surface area contributed by atoms with Crippen LogP contribution in [0.5, 0.6) is 23.0 Å². The van der Waals surface area contributed by atoms with E-state index in [1.165, 1.54) is 43.1 Å². The Hall–Kier alpha value is -4.97. The molecule has 216 valence electrons. The maximum atomic E-state index is 13.9. The number of amides is 1. The molecule has 4 aromatic rings. The number of fused-ring (bicyclic) bond motifs is 1. The number of carbonyl (C=O) groups excluding carboxylic acids is 1. The van der Waals surface area contributed by atoms with Crippen molar-refractivity contribution in [2.75, 3.05) is 19.5 Å². The summed E-state index contributed by atoms with van der Waals surface area (Å²) in [5.74, 6) is -0.449. The van der Waals surface area contributed by atoms with E-state index in [0.29, 0.717) is 27.3 Å². The Morgan fingerprint density at radius 1 is 1.05 bits per heavy atom. The monoisotopic (exact) mass is 593 g/mol. The zero-order valence-corrected chi connectivity index (χ0v) is 23.4. The molecular weight excluding hydrogens is 568 g/mol. The fraction of sp³-hybridized carbons (Fsp3) is 0.167. The summed E-state index contributed by atoms with van der Waals surface area (Å²) in [5.41, 5.74) is 1.79. The summed E-state index contributed by atoms with van der Waals surface area (Å²) in [4.78, 5) is 32.5. The molecular formula is C30H25F2N3O6S. The number of carbonyl (C=O) groups is 1. The molecule has 1 atom stereocenters. The molecule has 0 bridgehead atoms. The van der Waals surface area contributed by atoms with Crippen molar-refractivity contribution >= 4 is 29.0 Å². The number of thiazole rings is 1. The molecule has 12 heteroatoms. The molecule has 0 aliphatic carbocycles. The number of hydrogen-bond donors (Lipinski definition) is 2. The van der Waals surface area contributed by atoms with E-state index in [4.69, 9.17) is 9.47 Å². The molecule has 1 aliphatic rings. The normalized spacial score (nSPS) is 14.8. The van der Waals surface area contributed by atoms with Crippen LogP contribution in [0.3, 0.4) is 0 Å². The maximum absolute atomic E-state index is 13.9. The Labute approximate surface area is 242 Å². The predicted molar refractivity (Wildman–Crippen MR) is 153 cm³/mol. The number of nitrogens with zero attached hydrogens (tertiary/aromatic N) is 2. The molecule has 0 saturated heterocycles. The second-order valence-electron chi connectivity index (χ2n) is 9.12. The number of aromatic nitrogens is 1. The number of nitrogens with one attached hydrogen (secondary N) is 1. The lowest BCUT2D eigenvalue weighted by atomic mass is 9.94. The molecule has 3 aromatic carbocycles. The molecule has 0 radical (unpaired) electrons. The van der Waals surface area contributed by atoms with E-state index in [0.717, 1.165) is 11.3 Å². The topological polar surface area (TPSA) is 111 Å². The van der Waals surface area contributed by atoms with Gasteiger partial charge >= 0.3 is 6.61 Å². The van der Waals surface area contributed by atoms with Gasteiger partial charge in [0.2, 0.25) is 0 Å². The highest BCUT2D eigenvalue weighted by molar-refractivity contribution is 7.07. The summed E-state index contributed by atoms with van der Waals surface area (Å²) in [6.45, 7) is -1.34. The molecule has 2 heterocycles. The first kappa shape index (κ1) is 28.6. The Balaban J connectivity index is 1.66. The number of anilines is 1. The number of halogens is 2. The highest BCUT2D eigenvalue weighted by Gasteiger charge is 2.33. The van der Waals surface area contributed by atoms with Crippen molar-refractivity contribution in [2.45, 2.75) is 19.6 Å². The maximum Gasteiger partial charge on any atom is 0.387 e. The minimum absolute atomic E-state index is 0.0709. The van der Waals surface area contributed by atoms with Gasteiger partial charge in [-0.15, -0.1) is 0 Å². The number of allylic oxidation sites excluding steroid dienone is 1. The van der Waals surface area contributed by atoms with E-state index in [2.05, 4.69) is 15.0 Å². The fourth-order valence-electron chi connectivity index (χ4n) is 4.63. The molecule has 1 aromatic heterocycles. The molecule has 1 amide bonds. The van der Waals surface area contributed by atoms with Crippen LogP contribution in [0.25, 0.3) is 6.08 Å². The van der Waals surface area contributed by atoms with Gasteiger partial charge in [0.15, 0.2) is 27.8 Å². The molecule has 5 rings (SSSR count). The van der Waals surface area contributed by atoms with Gasteiger partial charge in [-0.05, 0) is 60.5 Å². The largest absolute Gasteiger partial charge is 0.504 e. The molecule has 1 unspecified atom stereocenters. The third-order valence-corrected chi connectivity index (χ3v) is 7.50. The van der Waals surface area contributed by atoms with Crippen molar-refractivity contribution in [1.29, 1.82) is 0 Å². The van der Waals surface area contributed by atoms with Crippen molar-refractivity contribution in [3.63, 3.8) is 0 Å². The number of alkyl halides is 2. The number of rotatable bonds is 8. The molecule has 1 aliphatic heterocycles. The number of phenols is 1. The van der Waals surface area contributed by atoms with Gasteiger partial charge in [0.1, 0.15) is 0 Å². The van der Waals surface area contributed by atoms with E-state index in [-0.39, 0.29) is 33.1 Å². The van der Waals surface area contributed by atoms with Crippen molar-refractivity contribution in [2.24, 2.45) is 4.99 Å². The fourth-order valence-corrected chi connectivity index (χ4v) is 5.68. The van der Waals surface area contributed by atoms with E-state index in [1.54, 1.807) is 49.4 Å². The van der Waals surface area contributed by atoms with Crippen molar-refractivity contribution in [1.82, 2.24) is 4.57 Å². The number of phenolic OH excluding ortho intramolecular Hbond substituents is 1. The number of aromatic hydroxyl groups is 1. The molecule has 0 saturated carbocycles. The SMILES string of the molecule is COc1cc(C2C(C(=O)Nc3ccccc3)=C(C)N=c3sc(=Cc4ccc(OC(F)F)c(OC)c4)c(=O)n32)ccc1O. The third kappa shape index (κ3) is 5.61. The lowest BCUT2D eigenvalue weighted by Crippen LogP contribution is -2.40. The minimum Gasteiger partial charge on any atom is -0.504 e. The second-order valence-corrected chi connectivity index (χ2v) is 10.1. The smallest absolute Gasteiger partial charge is 0.387 e. The Kier molecular flexibility index (Phi) is 8.07. The first-order valence-electron chi connectivity index (χ1n) is 12.6. The summed E-state index contributed by atoms with van der Waals surface area (Å²) < 4.78 is 42.2. The highest BCUT2D eigenvalue weighted by atomic mass is 32.1. The van der Waals surface area contributed by atoms with E-state index >= 15 is 0 Å². The lowest BCUT2D eigenvalue weighted by Gasteiger charge is -2.25. The summed E-state index contributed by atoms with van der Waals surface area (Å²) in [5, 5.41) is 13.1. The summed E-state index contributed by atoms with van der Waals surface area (Å²) in [7, 11) is 2.72. The summed E-state index contributed by atoms with van der Waals surface area (Å²) in [6.07, 6.45) is 1.58. The van der Waals surface area contributed by atoms with Crippen LogP contribution in [-0.2, 0) is 4.79 Å². The zero-order chi connectivity index (χ0) is 30.0. The zero-order valence-electron chi connectivity index (χ0n) is 22.6. The number of methoxy groups -OCH3 is 2. The predicted octanol–water partition coefficient (Wildman–Crippen LogP) is 4.20. The second kappa shape index (κ2) is 11.9. The van der Waals surface area contributed by atoms with Gasteiger partial charge in [-0.3, -0.25) is 14.2 Å². The van der Waals surface area contributed by atoms with Crippen LogP contribution in [0.15, 0.2) is 87.8 Å². The molecule has 0 fully saturated rings. The Bertz CT molecular complexity index is 1870. The lowest BCUT2D eigenvalue weighted by molar-refractivity contribution is -0.113. The van der Waals surface area contributed by atoms with Gasteiger partial charge in [-0.25, -0.2) is 4.99 Å². The Morgan fingerprint density at radius 2 is 1.79 bits per heavy atom. The van der Waals surface area contributed by atoms with Crippen LogP contribution in [0, 0.1) is 0 Å². The molecule has 9 nitrogen and oxygen atoms in total. The Morgan fingerprint density at radius 3 is 2.48 bits per heavy atom. The van der Waals surface area contributed by atoms with Gasteiger partial charge in [0.25, 0.3) is 11.5 Å². The molecule has 2 N–H and O–H groups in total. The van der Waals surface area contributed by atoms with Crippen LogP contribution in [0.4, 0.5) is 14.5 Å². The van der Waals surface area contributed by atoms with Gasteiger partial charge in [-0.2, -0.15) is 8.78 Å². The standard InChI is InChI=1S/C30H25F2N3O6S/c1-16-25(27(37)34-19-7-5-4-6-8-19)26(18-10-11-20(36)22(15-18)39-2)35-28(38)24(42-30(35)33-16)14-17-9-12-21(41-29(31)32)23(13-17)40-3/h4-15,26,29,36H,1-3H3,(H,34,37). The van der Waals surface area contributed by atoms with Crippen LogP contribution in [0.1, 0.15) is 24.1 Å². The minimum atomic E-state index is -3.02. The molecule has 42 heavy (non-hydrogen) atoms. The summed E-state index contributed by atoms with van der Waals surface area (Å²) >= 11 is 1.11. The first-order valence-corrected chi connectivity index (χ1v) is 13.4. The molecule has 0 spiro atoms. The number of benzene rings is 3. The van der Waals surface area contributed by atoms with Crippen molar-refractivity contribution in [3.8, 4) is 23.0 Å². The van der Waals surface area contributed by atoms with E-state index in [1.807, 2.05) is 6.07 Å². The highest BCUT2D eigenvalue weighted by Crippen LogP contribution is 2.36. The van der Waals surface area contributed by atoms with E-state index in [9.17, 15) is 23.5 Å². The third-order valence-electron chi connectivity index (χ3n) is 6.52.